The van der Waals surface area contributed by atoms with Crippen molar-refractivity contribution in [3.8, 4) is 0 Å². The maximum Gasteiger partial charge on any atom is 0.0103 e. The number of rotatable bonds is 6. The van der Waals surface area contributed by atoms with Crippen LogP contribution >= 0.6 is 0 Å². The molecule has 0 unspecified atom stereocenters. The van der Waals surface area contributed by atoms with E-state index in [1.165, 1.54) is 25.7 Å². The van der Waals surface area contributed by atoms with Gasteiger partial charge in [-0.1, -0.05) is 39.5 Å². The summed E-state index contributed by atoms with van der Waals surface area (Å²) in [6, 6.07) is 0. The number of hydrogen-bond donors (Lipinski definition) is 0. The van der Waals surface area contributed by atoms with E-state index >= 15 is 0 Å². The maximum atomic E-state index is 2.23. The molecule has 0 aromatic carbocycles. The molecular weight excluding hydrogens is 172 g/mol. The smallest absolute Gasteiger partial charge is 0.0103 e. The Morgan fingerprint density at radius 2 is 0.929 bits per heavy atom. The fourth-order valence-electron chi connectivity index (χ4n) is 0.900. The molecule has 2 heteroatoms. The molecule has 0 saturated carbocycles. The standard InChI is InChI=1S/C6H16N2.C6H14/c1-7(2)5-6-8(3)4;1-3-5-6-4-2/h5-6H2,1-4H3;3-6H2,1-2H3. The first-order valence-corrected chi connectivity index (χ1v) is 5.84. The monoisotopic (exact) mass is 202 g/mol. The van der Waals surface area contributed by atoms with Crippen LogP contribution in [0.5, 0.6) is 0 Å². The second-order valence-corrected chi connectivity index (χ2v) is 4.31. The molecule has 0 aliphatic carbocycles. The van der Waals surface area contributed by atoms with Crippen LogP contribution in [0.1, 0.15) is 39.5 Å². The zero-order valence-corrected chi connectivity index (χ0v) is 11.1. The van der Waals surface area contributed by atoms with Crippen molar-refractivity contribution < 1.29 is 0 Å². The van der Waals surface area contributed by atoms with Crippen molar-refractivity contribution in [3.05, 3.63) is 0 Å². The van der Waals surface area contributed by atoms with Gasteiger partial charge in [0.25, 0.3) is 0 Å². The van der Waals surface area contributed by atoms with Gasteiger partial charge < -0.3 is 9.80 Å². The van der Waals surface area contributed by atoms with Crippen molar-refractivity contribution in [2.45, 2.75) is 39.5 Å². The van der Waals surface area contributed by atoms with Crippen LogP contribution in [0.3, 0.4) is 0 Å². The van der Waals surface area contributed by atoms with E-state index in [1.807, 2.05) is 0 Å². The molecule has 0 amide bonds. The minimum absolute atomic E-state index is 1.15. The molecule has 0 radical (unpaired) electrons. The van der Waals surface area contributed by atoms with Crippen LogP contribution in [0, 0.1) is 0 Å². The SMILES string of the molecule is CCCCCC.CN(C)CCN(C)C. The average molecular weight is 202 g/mol. The van der Waals surface area contributed by atoms with Gasteiger partial charge in [-0.2, -0.15) is 0 Å². The fourth-order valence-corrected chi connectivity index (χ4v) is 0.900. The molecule has 14 heavy (non-hydrogen) atoms. The minimum atomic E-state index is 1.15. The summed E-state index contributed by atoms with van der Waals surface area (Å²) in [6.45, 7) is 6.76. The summed E-state index contributed by atoms with van der Waals surface area (Å²) in [5.74, 6) is 0. The number of nitrogens with zero attached hydrogens (tertiary/aromatic N) is 2. The van der Waals surface area contributed by atoms with Gasteiger partial charge >= 0.3 is 0 Å². The predicted molar refractivity (Wildman–Crippen MR) is 66.9 cm³/mol. The van der Waals surface area contributed by atoms with Crippen molar-refractivity contribution >= 4 is 0 Å². The van der Waals surface area contributed by atoms with Gasteiger partial charge in [-0.25, -0.2) is 0 Å². The van der Waals surface area contributed by atoms with Crippen LogP contribution in [-0.4, -0.2) is 51.1 Å². The molecule has 0 fully saturated rings. The van der Waals surface area contributed by atoms with Crippen molar-refractivity contribution in [2.24, 2.45) is 0 Å². The fraction of sp³-hybridized carbons (Fsp3) is 1.00. The quantitative estimate of drug-likeness (QED) is 0.611. The molecule has 0 aliphatic rings. The lowest BCUT2D eigenvalue weighted by atomic mass is 10.2. The van der Waals surface area contributed by atoms with Crippen LogP contribution in [0.2, 0.25) is 0 Å². The largest absolute Gasteiger partial charge is 0.308 e. The zero-order chi connectivity index (χ0) is 11.4. The van der Waals surface area contributed by atoms with Gasteiger partial charge in [-0.05, 0) is 28.2 Å². The number of unbranched alkanes of at least 4 members (excludes halogenated alkanes) is 3. The molecule has 0 aliphatic heterocycles. The molecule has 0 spiro atoms. The van der Waals surface area contributed by atoms with E-state index in [-0.39, 0.29) is 0 Å². The van der Waals surface area contributed by atoms with Gasteiger partial charge in [0.05, 0.1) is 0 Å². The van der Waals surface area contributed by atoms with Gasteiger partial charge in [-0.15, -0.1) is 0 Å². The Morgan fingerprint density at radius 3 is 1.07 bits per heavy atom. The van der Waals surface area contributed by atoms with Crippen LogP contribution in [0.25, 0.3) is 0 Å². The first-order valence-electron chi connectivity index (χ1n) is 5.84. The predicted octanol–water partition coefficient (Wildman–Crippen LogP) is 2.70. The number of likely N-dealkylation sites (N-methyl/N-ethyl adjacent to an activating group) is 2. The molecule has 0 aromatic heterocycles. The highest BCUT2D eigenvalue weighted by atomic mass is 15.1. The van der Waals surface area contributed by atoms with Crippen molar-refractivity contribution in [1.29, 1.82) is 0 Å². The molecular formula is C12H30N2. The number of hydrogen-bond acceptors (Lipinski definition) is 2. The Bertz CT molecular complexity index is 78.3. The Morgan fingerprint density at radius 1 is 0.643 bits per heavy atom. The molecule has 88 valence electrons. The minimum Gasteiger partial charge on any atom is -0.308 e. The third-order valence-corrected chi connectivity index (χ3v) is 1.95. The summed E-state index contributed by atoms with van der Waals surface area (Å²) in [5, 5.41) is 0. The van der Waals surface area contributed by atoms with Gasteiger partial charge in [0.15, 0.2) is 0 Å². The topological polar surface area (TPSA) is 6.48 Å². The van der Waals surface area contributed by atoms with Gasteiger partial charge in [0, 0.05) is 13.1 Å². The van der Waals surface area contributed by atoms with Crippen LogP contribution < -0.4 is 0 Å². The van der Waals surface area contributed by atoms with E-state index in [9.17, 15) is 0 Å². The van der Waals surface area contributed by atoms with Gasteiger partial charge in [-0.3, -0.25) is 0 Å². The van der Waals surface area contributed by atoms with Crippen molar-refractivity contribution in [1.82, 2.24) is 9.80 Å². The Kier molecular flexibility index (Phi) is 15.1. The molecule has 0 aromatic rings. The zero-order valence-electron chi connectivity index (χ0n) is 11.1. The van der Waals surface area contributed by atoms with E-state index in [4.69, 9.17) is 0 Å². The Balaban J connectivity index is 0. The van der Waals surface area contributed by atoms with Crippen LogP contribution in [0.4, 0.5) is 0 Å². The molecule has 0 saturated heterocycles. The summed E-state index contributed by atoms with van der Waals surface area (Å²) < 4.78 is 0. The molecule has 0 bridgehead atoms. The first-order chi connectivity index (χ1) is 6.54. The third-order valence-electron chi connectivity index (χ3n) is 1.95. The molecule has 0 rings (SSSR count). The molecule has 0 atom stereocenters. The Hall–Kier alpha value is -0.0800. The summed E-state index contributed by atoms with van der Waals surface area (Å²) in [6.07, 6.45) is 5.54. The van der Waals surface area contributed by atoms with Crippen molar-refractivity contribution in [3.63, 3.8) is 0 Å². The van der Waals surface area contributed by atoms with E-state index in [0.29, 0.717) is 0 Å². The van der Waals surface area contributed by atoms with E-state index in [0.717, 1.165) is 13.1 Å². The van der Waals surface area contributed by atoms with Crippen molar-refractivity contribution in [2.75, 3.05) is 41.3 Å². The summed E-state index contributed by atoms with van der Waals surface area (Å²) in [5.41, 5.74) is 0. The summed E-state index contributed by atoms with van der Waals surface area (Å²) in [7, 11) is 8.35. The normalized spacial score (nSPS) is 10.3. The highest BCUT2D eigenvalue weighted by molar-refractivity contribution is 4.45. The lowest BCUT2D eigenvalue weighted by molar-refractivity contribution is 0.320. The summed E-state index contributed by atoms with van der Waals surface area (Å²) >= 11 is 0. The highest BCUT2D eigenvalue weighted by Crippen LogP contribution is 1.95. The average Bonchev–Trinajstić information content (AvgIpc) is 2.12. The van der Waals surface area contributed by atoms with Crippen LogP contribution in [0.15, 0.2) is 0 Å². The summed E-state index contributed by atoms with van der Waals surface area (Å²) in [4.78, 5) is 4.36. The Labute approximate surface area is 91.3 Å². The molecule has 2 nitrogen and oxygen atoms in total. The highest BCUT2D eigenvalue weighted by Gasteiger charge is 1.89. The van der Waals surface area contributed by atoms with E-state index in [2.05, 4.69) is 51.8 Å². The van der Waals surface area contributed by atoms with E-state index in [1.54, 1.807) is 0 Å². The lowest BCUT2D eigenvalue weighted by Crippen LogP contribution is -2.25. The molecule has 0 N–H and O–H groups in total. The first kappa shape index (κ1) is 16.4. The second-order valence-electron chi connectivity index (χ2n) is 4.31. The molecule has 0 heterocycles. The third kappa shape index (κ3) is 22.7. The second kappa shape index (κ2) is 12.9. The lowest BCUT2D eigenvalue weighted by Gasteiger charge is -2.13. The van der Waals surface area contributed by atoms with Gasteiger partial charge in [0.1, 0.15) is 0 Å². The maximum absolute atomic E-state index is 2.23. The van der Waals surface area contributed by atoms with Crippen LogP contribution in [-0.2, 0) is 0 Å². The van der Waals surface area contributed by atoms with E-state index < -0.39 is 0 Å². The van der Waals surface area contributed by atoms with Gasteiger partial charge in [0.2, 0.25) is 0 Å².